The lowest BCUT2D eigenvalue weighted by molar-refractivity contribution is -0.147. The lowest BCUT2D eigenvalue weighted by Gasteiger charge is -2.13. The van der Waals surface area contributed by atoms with Crippen LogP contribution in [-0.4, -0.2) is 12.0 Å². The van der Waals surface area contributed by atoms with Gasteiger partial charge in [0.15, 0.2) is 0 Å². The topological polar surface area (TPSA) is 75.1 Å². The van der Waals surface area contributed by atoms with Gasteiger partial charge in [0, 0.05) is 4.91 Å². The van der Waals surface area contributed by atoms with Crippen molar-refractivity contribution in [2.24, 2.45) is 11.0 Å². The first-order chi connectivity index (χ1) is 8.15. The fourth-order valence-electron chi connectivity index (χ4n) is 1.32. The molecule has 5 heteroatoms. The minimum Gasteiger partial charge on any atom is -0.460 e. The van der Waals surface area contributed by atoms with Crippen LogP contribution in [-0.2, 0) is 16.1 Å². The molecule has 0 heterocycles. The molecule has 0 fully saturated rings. The number of rotatable bonds is 5. The highest BCUT2D eigenvalue weighted by atomic mass is 16.5. The Morgan fingerprint density at radius 3 is 2.59 bits per heavy atom. The quantitative estimate of drug-likeness (QED) is 0.339. The first-order valence-corrected chi connectivity index (χ1v) is 5.40. The van der Waals surface area contributed by atoms with Gasteiger partial charge >= 0.3 is 5.97 Å². The largest absolute Gasteiger partial charge is 0.460 e. The third-order valence-corrected chi connectivity index (χ3v) is 2.27. The maximum Gasteiger partial charge on any atom is 0.315 e. The van der Waals surface area contributed by atoms with E-state index in [-0.39, 0.29) is 12.5 Å². The van der Waals surface area contributed by atoms with Crippen LogP contribution in [0.2, 0.25) is 0 Å². The molecule has 0 radical (unpaired) electrons. The van der Waals surface area contributed by atoms with Crippen molar-refractivity contribution >= 4 is 5.97 Å². The van der Waals surface area contributed by atoms with Gasteiger partial charge in [-0.3, -0.25) is 4.79 Å². The van der Waals surface area contributed by atoms with Gasteiger partial charge in [0.25, 0.3) is 0 Å². The summed E-state index contributed by atoms with van der Waals surface area (Å²) in [4.78, 5) is 14.3. The number of carbonyl (C=O) groups excluding carboxylic acids is 1. The summed E-state index contributed by atoms with van der Waals surface area (Å²) in [5.74, 6) is -0.559. The van der Waals surface area contributed by atoms with Crippen molar-refractivity contribution in [1.29, 1.82) is 0 Å². The number of nitrogens with zero attached hydrogens (tertiary/aromatic N) is 3. The molecule has 1 unspecified atom stereocenters. The predicted molar refractivity (Wildman–Crippen MR) is 64.0 cm³/mol. The summed E-state index contributed by atoms with van der Waals surface area (Å²) in [6.07, 6.45) is 0. The van der Waals surface area contributed by atoms with Crippen molar-refractivity contribution in [2.75, 3.05) is 0 Å². The molecule has 1 aromatic carbocycles. The van der Waals surface area contributed by atoms with Crippen LogP contribution in [0.3, 0.4) is 0 Å². The van der Waals surface area contributed by atoms with Crippen molar-refractivity contribution in [3.63, 3.8) is 0 Å². The van der Waals surface area contributed by atoms with Crippen LogP contribution in [0.25, 0.3) is 10.4 Å². The lowest BCUT2D eigenvalue weighted by atomic mass is 10.1. The van der Waals surface area contributed by atoms with Gasteiger partial charge in [-0.2, -0.15) is 0 Å². The second-order valence-corrected chi connectivity index (χ2v) is 3.99. The van der Waals surface area contributed by atoms with Gasteiger partial charge in [-0.25, -0.2) is 0 Å². The Morgan fingerprint density at radius 1 is 1.41 bits per heavy atom. The van der Waals surface area contributed by atoms with Gasteiger partial charge in [0.2, 0.25) is 0 Å². The highest BCUT2D eigenvalue weighted by Gasteiger charge is 2.22. The zero-order valence-corrected chi connectivity index (χ0v) is 9.91. The number of benzene rings is 1. The van der Waals surface area contributed by atoms with Crippen LogP contribution in [0.15, 0.2) is 35.4 Å². The summed E-state index contributed by atoms with van der Waals surface area (Å²) >= 11 is 0. The Morgan fingerprint density at radius 2 is 2.06 bits per heavy atom. The van der Waals surface area contributed by atoms with Crippen LogP contribution >= 0.6 is 0 Å². The molecule has 0 spiro atoms. The predicted octanol–water partition coefficient (Wildman–Crippen LogP) is 3.06. The number of azide groups is 1. The third-order valence-electron chi connectivity index (χ3n) is 2.27. The molecule has 0 saturated heterocycles. The van der Waals surface area contributed by atoms with Crippen molar-refractivity contribution in [1.82, 2.24) is 0 Å². The second kappa shape index (κ2) is 6.55. The number of hydrogen-bond donors (Lipinski definition) is 0. The Balaban J connectivity index is 2.56. The molecule has 5 nitrogen and oxygen atoms in total. The van der Waals surface area contributed by atoms with Crippen molar-refractivity contribution in [3.8, 4) is 0 Å². The fraction of sp³-hybridized carbons (Fsp3) is 0.417. The number of esters is 1. The summed E-state index contributed by atoms with van der Waals surface area (Å²) in [6, 6.07) is 8.61. The molecule has 90 valence electrons. The van der Waals surface area contributed by atoms with E-state index in [1.807, 2.05) is 44.2 Å². The molecule has 0 aliphatic carbocycles. The monoisotopic (exact) mass is 233 g/mol. The number of ether oxygens (including phenoxy) is 1. The molecule has 1 rings (SSSR count). The van der Waals surface area contributed by atoms with E-state index in [1.54, 1.807) is 0 Å². The summed E-state index contributed by atoms with van der Waals surface area (Å²) in [5.41, 5.74) is 9.28. The molecule has 17 heavy (non-hydrogen) atoms. The zero-order chi connectivity index (χ0) is 12.7. The van der Waals surface area contributed by atoms with E-state index in [4.69, 9.17) is 10.3 Å². The first-order valence-electron chi connectivity index (χ1n) is 5.40. The van der Waals surface area contributed by atoms with Crippen molar-refractivity contribution < 1.29 is 9.53 Å². The minimum absolute atomic E-state index is 0.0748. The molecule has 0 amide bonds. The van der Waals surface area contributed by atoms with Gasteiger partial charge in [-0.05, 0) is 17.0 Å². The van der Waals surface area contributed by atoms with E-state index < -0.39 is 12.0 Å². The highest BCUT2D eigenvalue weighted by Crippen LogP contribution is 2.10. The molecule has 0 aliphatic heterocycles. The van der Waals surface area contributed by atoms with Crippen molar-refractivity contribution in [2.45, 2.75) is 26.5 Å². The van der Waals surface area contributed by atoms with E-state index in [0.717, 1.165) is 5.56 Å². The molecule has 0 aromatic heterocycles. The molecule has 1 atom stereocenters. The minimum atomic E-state index is -0.760. The molecular weight excluding hydrogens is 218 g/mol. The van der Waals surface area contributed by atoms with Crippen LogP contribution in [0, 0.1) is 5.92 Å². The summed E-state index contributed by atoms with van der Waals surface area (Å²) in [6.45, 7) is 3.82. The van der Waals surface area contributed by atoms with Gasteiger partial charge in [0.05, 0.1) is 0 Å². The Kier molecular flexibility index (Phi) is 5.04. The maximum atomic E-state index is 11.7. The highest BCUT2D eigenvalue weighted by molar-refractivity contribution is 5.76. The van der Waals surface area contributed by atoms with Crippen LogP contribution in [0.4, 0.5) is 0 Å². The molecular formula is C12H15N3O2. The van der Waals surface area contributed by atoms with E-state index >= 15 is 0 Å². The van der Waals surface area contributed by atoms with Gasteiger partial charge < -0.3 is 4.74 Å². The summed E-state index contributed by atoms with van der Waals surface area (Å²) < 4.78 is 5.10. The average Bonchev–Trinajstić information content (AvgIpc) is 2.34. The molecule has 1 aromatic rings. The van der Waals surface area contributed by atoms with Crippen LogP contribution in [0.1, 0.15) is 19.4 Å². The van der Waals surface area contributed by atoms with Gasteiger partial charge in [0.1, 0.15) is 12.6 Å². The van der Waals surface area contributed by atoms with E-state index in [0.29, 0.717) is 0 Å². The third kappa shape index (κ3) is 4.17. The average molecular weight is 233 g/mol. The SMILES string of the molecule is CC(C)C(N=[N+]=[N-])C(=O)OCc1ccccc1. The summed E-state index contributed by atoms with van der Waals surface area (Å²) in [7, 11) is 0. The fourth-order valence-corrected chi connectivity index (χ4v) is 1.32. The molecule has 0 N–H and O–H groups in total. The number of carbonyl (C=O) groups is 1. The van der Waals surface area contributed by atoms with Crippen LogP contribution < -0.4 is 0 Å². The maximum absolute atomic E-state index is 11.7. The normalized spacial score (nSPS) is 11.7. The van der Waals surface area contributed by atoms with Crippen LogP contribution in [0.5, 0.6) is 0 Å². The van der Waals surface area contributed by atoms with E-state index in [1.165, 1.54) is 0 Å². The summed E-state index contributed by atoms with van der Waals surface area (Å²) in [5, 5.41) is 3.44. The molecule has 0 saturated carbocycles. The van der Waals surface area contributed by atoms with E-state index in [9.17, 15) is 4.79 Å². The molecule has 0 aliphatic rings. The first kappa shape index (κ1) is 13.1. The smallest absolute Gasteiger partial charge is 0.315 e. The van der Waals surface area contributed by atoms with Crippen molar-refractivity contribution in [3.05, 3.63) is 46.3 Å². The number of hydrogen-bond acceptors (Lipinski definition) is 3. The Hall–Kier alpha value is -2.00. The Bertz CT molecular complexity index is 411. The van der Waals surface area contributed by atoms with Gasteiger partial charge in [-0.1, -0.05) is 49.3 Å². The van der Waals surface area contributed by atoms with E-state index in [2.05, 4.69) is 10.0 Å². The molecule has 0 bridgehead atoms. The Labute approximate surface area is 100 Å². The van der Waals surface area contributed by atoms with Gasteiger partial charge in [-0.15, -0.1) is 0 Å². The lowest BCUT2D eigenvalue weighted by Crippen LogP contribution is -2.26. The standard InChI is InChI=1S/C12H15N3O2/c1-9(2)11(14-15-13)12(16)17-8-10-6-4-3-5-7-10/h3-7,9,11H,8H2,1-2H3. The second-order valence-electron chi connectivity index (χ2n) is 3.99. The zero-order valence-electron chi connectivity index (χ0n) is 9.91.